The Bertz CT molecular complexity index is 664. The molecule has 0 aliphatic carbocycles. The molecule has 0 aliphatic rings. The van der Waals surface area contributed by atoms with Crippen molar-refractivity contribution in [2.45, 2.75) is 0 Å². The number of carboxylic acids is 1. The number of hydrogen-bond acceptors (Lipinski definition) is 3. The zero-order chi connectivity index (χ0) is 16.1. The van der Waals surface area contributed by atoms with Gasteiger partial charge in [0.2, 0.25) is 0 Å². The van der Waals surface area contributed by atoms with Gasteiger partial charge in [0, 0.05) is 26.4 Å². The van der Waals surface area contributed by atoms with Crippen LogP contribution in [0.5, 0.6) is 0 Å². The Labute approximate surface area is 128 Å². The molecule has 2 rings (SSSR count). The van der Waals surface area contributed by atoms with E-state index in [1.54, 1.807) is 19.1 Å². The van der Waals surface area contributed by atoms with E-state index in [1.807, 2.05) is 30.3 Å². The minimum Gasteiger partial charge on any atom is -0.477 e. The quantitative estimate of drug-likeness (QED) is 0.886. The number of methoxy groups -OCH3 is 1. The van der Waals surface area contributed by atoms with E-state index in [-0.39, 0.29) is 11.6 Å². The summed E-state index contributed by atoms with van der Waals surface area (Å²) < 4.78 is 6.44. The average Bonchev–Trinajstić information content (AvgIpc) is 2.90. The number of carboxylic acid groups (broad SMARTS) is 1. The number of nitrogens with zero attached hydrogens (tertiary/aromatic N) is 2. The summed E-state index contributed by atoms with van der Waals surface area (Å²) in [5.74, 6) is -1.33. The van der Waals surface area contributed by atoms with Crippen LogP contribution < -0.4 is 4.90 Å². The molecule has 1 aromatic carbocycles. The fraction of sp³-hybridized carbons (Fsp3) is 0.250. The van der Waals surface area contributed by atoms with Gasteiger partial charge in [0.25, 0.3) is 5.91 Å². The van der Waals surface area contributed by atoms with Crippen molar-refractivity contribution in [2.75, 3.05) is 25.2 Å². The molecule has 22 heavy (non-hydrogen) atoms. The third-order valence-corrected chi connectivity index (χ3v) is 3.39. The molecule has 0 saturated carbocycles. The zero-order valence-corrected chi connectivity index (χ0v) is 12.5. The van der Waals surface area contributed by atoms with Gasteiger partial charge in [0.15, 0.2) is 0 Å². The van der Waals surface area contributed by atoms with Crippen LogP contribution in [0, 0.1) is 0 Å². The molecule has 0 saturated heterocycles. The highest BCUT2D eigenvalue weighted by atomic mass is 16.5. The van der Waals surface area contributed by atoms with Gasteiger partial charge < -0.3 is 19.3 Å². The van der Waals surface area contributed by atoms with Crippen LogP contribution in [0.25, 0.3) is 0 Å². The molecule has 0 fully saturated rings. The van der Waals surface area contributed by atoms with Crippen molar-refractivity contribution < 1.29 is 19.4 Å². The lowest BCUT2D eigenvalue weighted by molar-refractivity contribution is 0.0686. The lowest BCUT2D eigenvalue weighted by atomic mass is 10.2. The smallest absolute Gasteiger partial charge is 0.352 e. The third-order valence-electron chi connectivity index (χ3n) is 3.39. The number of ether oxygens (including phenoxy) is 1. The predicted octanol–water partition coefficient (Wildman–Crippen LogP) is 2.02. The first-order chi connectivity index (χ1) is 10.6. The van der Waals surface area contributed by atoms with E-state index in [4.69, 9.17) is 9.84 Å². The largest absolute Gasteiger partial charge is 0.477 e. The van der Waals surface area contributed by atoms with Gasteiger partial charge in [-0.15, -0.1) is 0 Å². The number of rotatable bonds is 6. The van der Waals surface area contributed by atoms with Crippen molar-refractivity contribution >= 4 is 17.6 Å². The lowest BCUT2D eigenvalue weighted by Crippen LogP contribution is -2.35. The highest BCUT2D eigenvalue weighted by Crippen LogP contribution is 2.18. The van der Waals surface area contributed by atoms with Gasteiger partial charge in [0.05, 0.1) is 6.61 Å². The van der Waals surface area contributed by atoms with Gasteiger partial charge in [-0.2, -0.15) is 0 Å². The molecule has 0 radical (unpaired) electrons. The van der Waals surface area contributed by atoms with Crippen LogP contribution in [0.2, 0.25) is 0 Å². The molecule has 1 aromatic heterocycles. The monoisotopic (exact) mass is 302 g/mol. The molecule has 2 aromatic rings. The topological polar surface area (TPSA) is 71.8 Å². The van der Waals surface area contributed by atoms with Crippen LogP contribution in [0.1, 0.15) is 21.0 Å². The number of carbonyl (C=O) groups is 2. The summed E-state index contributed by atoms with van der Waals surface area (Å²) in [5, 5.41) is 9.09. The molecule has 1 amide bonds. The molecule has 116 valence electrons. The van der Waals surface area contributed by atoms with E-state index in [9.17, 15) is 9.59 Å². The zero-order valence-electron chi connectivity index (χ0n) is 12.5. The minimum absolute atomic E-state index is 0.0723. The molecule has 0 spiro atoms. The number of carbonyl (C=O) groups excluding carboxylic acids is 1. The second-order valence-electron chi connectivity index (χ2n) is 4.75. The molecule has 0 atom stereocenters. The van der Waals surface area contributed by atoms with Crippen LogP contribution in [0.15, 0.2) is 42.5 Å². The van der Waals surface area contributed by atoms with Gasteiger partial charge >= 0.3 is 5.97 Å². The molecule has 0 aliphatic heterocycles. The van der Waals surface area contributed by atoms with Crippen LogP contribution in [0.4, 0.5) is 5.69 Å². The van der Waals surface area contributed by atoms with Crippen molar-refractivity contribution in [2.24, 2.45) is 7.05 Å². The van der Waals surface area contributed by atoms with Crippen molar-refractivity contribution in [1.29, 1.82) is 0 Å². The van der Waals surface area contributed by atoms with Crippen molar-refractivity contribution in [3.05, 3.63) is 53.9 Å². The van der Waals surface area contributed by atoms with E-state index in [0.29, 0.717) is 18.8 Å². The van der Waals surface area contributed by atoms with E-state index >= 15 is 0 Å². The number of amides is 1. The standard InChI is InChI=1S/C16H18N2O4/c1-17-13(8-9-14(17)16(20)21)15(19)18(10-11-22-2)12-6-4-3-5-7-12/h3-9H,10-11H2,1-2H3,(H,20,21). The number of aromatic nitrogens is 1. The summed E-state index contributed by atoms with van der Waals surface area (Å²) in [7, 11) is 3.13. The summed E-state index contributed by atoms with van der Waals surface area (Å²) in [6.07, 6.45) is 0. The van der Waals surface area contributed by atoms with Crippen LogP contribution in [-0.4, -0.2) is 41.8 Å². The van der Waals surface area contributed by atoms with Crippen LogP contribution >= 0.6 is 0 Å². The lowest BCUT2D eigenvalue weighted by Gasteiger charge is -2.23. The maximum atomic E-state index is 12.8. The fourth-order valence-corrected chi connectivity index (χ4v) is 2.22. The van der Waals surface area contributed by atoms with E-state index in [1.165, 1.54) is 16.7 Å². The summed E-state index contributed by atoms with van der Waals surface area (Å²) in [4.78, 5) is 25.4. The van der Waals surface area contributed by atoms with Crippen molar-refractivity contribution in [3.63, 3.8) is 0 Å². The Balaban J connectivity index is 2.35. The molecule has 0 bridgehead atoms. The highest BCUT2D eigenvalue weighted by Gasteiger charge is 2.22. The highest BCUT2D eigenvalue weighted by molar-refractivity contribution is 6.06. The molecule has 6 nitrogen and oxygen atoms in total. The first-order valence-electron chi connectivity index (χ1n) is 6.81. The Hall–Kier alpha value is -2.60. The van der Waals surface area contributed by atoms with Crippen molar-refractivity contribution in [1.82, 2.24) is 4.57 Å². The Morgan fingerprint density at radius 2 is 1.77 bits per heavy atom. The number of aromatic carboxylic acids is 1. The van der Waals surface area contributed by atoms with Gasteiger partial charge in [-0.1, -0.05) is 18.2 Å². The summed E-state index contributed by atoms with van der Waals surface area (Å²) in [6.45, 7) is 0.768. The maximum absolute atomic E-state index is 12.8. The van der Waals surface area contributed by atoms with Crippen molar-refractivity contribution in [3.8, 4) is 0 Å². The number of anilines is 1. The fourth-order valence-electron chi connectivity index (χ4n) is 2.22. The SMILES string of the molecule is COCCN(C(=O)c1ccc(C(=O)O)n1C)c1ccccc1. The van der Waals surface area contributed by atoms with E-state index in [0.717, 1.165) is 5.69 Å². The second-order valence-corrected chi connectivity index (χ2v) is 4.75. The summed E-state index contributed by atoms with van der Waals surface area (Å²) in [5.41, 5.74) is 1.13. The molecule has 1 heterocycles. The van der Waals surface area contributed by atoms with Crippen LogP contribution in [0.3, 0.4) is 0 Å². The minimum atomic E-state index is -1.07. The third kappa shape index (κ3) is 3.17. The first kappa shape index (κ1) is 15.8. The Kier molecular flexibility index (Phi) is 4.95. The number of benzene rings is 1. The summed E-state index contributed by atoms with van der Waals surface area (Å²) >= 11 is 0. The molecule has 0 unspecified atom stereocenters. The van der Waals surface area contributed by atoms with E-state index < -0.39 is 5.97 Å². The van der Waals surface area contributed by atoms with Gasteiger partial charge in [-0.05, 0) is 24.3 Å². The first-order valence-corrected chi connectivity index (χ1v) is 6.81. The van der Waals surface area contributed by atoms with E-state index in [2.05, 4.69) is 0 Å². The second kappa shape index (κ2) is 6.91. The molecule has 1 N–H and O–H groups in total. The normalized spacial score (nSPS) is 10.5. The maximum Gasteiger partial charge on any atom is 0.352 e. The van der Waals surface area contributed by atoms with Gasteiger partial charge in [-0.25, -0.2) is 4.79 Å². The molecular weight excluding hydrogens is 284 g/mol. The Morgan fingerprint density at radius 3 is 2.32 bits per heavy atom. The predicted molar refractivity (Wildman–Crippen MR) is 82.4 cm³/mol. The van der Waals surface area contributed by atoms with Gasteiger partial charge in [0.1, 0.15) is 11.4 Å². The van der Waals surface area contributed by atoms with Crippen LogP contribution in [-0.2, 0) is 11.8 Å². The molecule has 6 heteroatoms. The number of para-hydroxylation sites is 1. The average molecular weight is 302 g/mol. The number of hydrogen-bond donors (Lipinski definition) is 1. The Morgan fingerprint density at radius 1 is 1.14 bits per heavy atom. The van der Waals surface area contributed by atoms with Gasteiger partial charge in [-0.3, -0.25) is 4.79 Å². The summed E-state index contributed by atoms with van der Waals surface area (Å²) in [6, 6.07) is 12.2. The molecular formula is C16H18N2O4.